The first-order chi connectivity index (χ1) is 10.3. The van der Waals surface area contributed by atoms with Crippen LogP contribution in [0.2, 0.25) is 0 Å². The van der Waals surface area contributed by atoms with E-state index >= 15 is 0 Å². The zero-order chi connectivity index (χ0) is 16.5. The Morgan fingerprint density at radius 3 is 2.68 bits per heavy atom. The topological polar surface area (TPSA) is 86.2 Å². The third-order valence-electron chi connectivity index (χ3n) is 3.60. The molecule has 7 heteroatoms. The number of carbonyl (C=O) groups excluding carboxylic acids is 2. The highest BCUT2D eigenvalue weighted by atomic mass is 16.8. The van der Waals surface area contributed by atoms with E-state index in [1.807, 2.05) is 0 Å². The highest BCUT2D eigenvalue weighted by Crippen LogP contribution is 2.38. The van der Waals surface area contributed by atoms with Crippen LogP contribution in [-0.4, -0.2) is 55.3 Å². The lowest BCUT2D eigenvalue weighted by molar-refractivity contribution is -0.149. The van der Waals surface area contributed by atoms with Gasteiger partial charge in [0.15, 0.2) is 5.79 Å². The van der Waals surface area contributed by atoms with Crippen LogP contribution in [-0.2, 0) is 23.8 Å². The first-order valence-corrected chi connectivity index (χ1v) is 7.26. The fourth-order valence-electron chi connectivity index (χ4n) is 2.84. The monoisotopic (exact) mass is 310 g/mol. The smallest absolute Gasteiger partial charge is 0.336 e. The molecule has 2 rings (SSSR count). The maximum absolute atomic E-state index is 12.2. The van der Waals surface area contributed by atoms with Gasteiger partial charge < -0.3 is 19.5 Å². The molecule has 0 saturated carbocycles. The number of aliphatic imine (C=N–C) groups is 1. The van der Waals surface area contributed by atoms with Crippen molar-refractivity contribution in [3.63, 3.8) is 0 Å². The van der Waals surface area contributed by atoms with Crippen molar-refractivity contribution in [3.05, 3.63) is 11.6 Å². The molecule has 0 aromatic rings. The zero-order valence-corrected chi connectivity index (χ0v) is 13.3. The summed E-state index contributed by atoms with van der Waals surface area (Å²) in [6.45, 7) is 10.5. The van der Waals surface area contributed by atoms with E-state index in [2.05, 4.69) is 17.0 Å². The number of fused-ring (bicyclic) bond motifs is 1. The SMILES string of the molecule is C=N[C@@H]1C=C(C(=O)OCC)[C@H]2OC(C)(C)O[C@H]2[C@@H]1NC(C)=O. The Morgan fingerprint density at radius 2 is 2.14 bits per heavy atom. The molecular weight excluding hydrogens is 288 g/mol. The molecule has 1 fully saturated rings. The second-order valence-electron chi connectivity index (χ2n) is 5.76. The van der Waals surface area contributed by atoms with Gasteiger partial charge in [0.2, 0.25) is 5.91 Å². The molecule has 7 nitrogen and oxygen atoms in total. The van der Waals surface area contributed by atoms with E-state index in [-0.39, 0.29) is 12.5 Å². The Balaban J connectivity index is 2.39. The molecule has 2 aliphatic rings. The Kier molecular flexibility index (Phi) is 4.67. The molecule has 0 aromatic carbocycles. The summed E-state index contributed by atoms with van der Waals surface area (Å²) >= 11 is 0. The number of rotatable bonds is 4. The minimum Gasteiger partial charge on any atom is -0.463 e. The van der Waals surface area contributed by atoms with Crippen LogP contribution < -0.4 is 5.32 Å². The molecule has 0 spiro atoms. The molecule has 1 heterocycles. The van der Waals surface area contributed by atoms with Crippen LogP contribution >= 0.6 is 0 Å². The molecule has 0 bridgehead atoms. The average Bonchev–Trinajstić information content (AvgIpc) is 2.74. The van der Waals surface area contributed by atoms with Crippen LogP contribution in [0.1, 0.15) is 27.7 Å². The highest BCUT2D eigenvalue weighted by molar-refractivity contribution is 5.90. The van der Waals surface area contributed by atoms with Crippen molar-refractivity contribution < 1.29 is 23.8 Å². The van der Waals surface area contributed by atoms with E-state index in [1.165, 1.54) is 6.92 Å². The van der Waals surface area contributed by atoms with Crippen LogP contribution in [0, 0.1) is 0 Å². The van der Waals surface area contributed by atoms with E-state index in [0.717, 1.165) is 0 Å². The fourth-order valence-corrected chi connectivity index (χ4v) is 2.84. The summed E-state index contributed by atoms with van der Waals surface area (Å²) in [6, 6.07) is -0.929. The highest BCUT2D eigenvalue weighted by Gasteiger charge is 2.53. The van der Waals surface area contributed by atoms with Gasteiger partial charge >= 0.3 is 5.97 Å². The van der Waals surface area contributed by atoms with Gasteiger partial charge in [-0.1, -0.05) is 0 Å². The minimum atomic E-state index is -0.867. The Labute approximate surface area is 129 Å². The molecule has 1 aliphatic carbocycles. The van der Waals surface area contributed by atoms with Gasteiger partial charge in [-0.05, 0) is 33.6 Å². The number of amides is 1. The summed E-state index contributed by atoms with van der Waals surface area (Å²) in [7, 11) is 0. The Bertz CT molecular complexity index is 514. The maximum atomic E-state index is 12.2. The second-order valence-corrected chi connectivity index (χ2v) is 5.76. The molecule has 4 atom stereocenters. The van der Waals surface area contributed by atoms with Gasteiger partial charge in [0, 0.05) is 6.92 Å². The lowest BCUT2D eigenvalue weighted by atomic mass is 9.86. The maximum Gasteiger partial charge on any atom is 0.336 e. The number of nitrogens with zero attached hydrogens (tertiary/aromatic N) is 1. The van der Waals surface area contributed by atoms with Crippen LogP contribution in [0.25, 0.3) is 0 Å². The number of ether oxygens (including phenoxy) is 3. The molecule has 122 valence electrons. The Morgan fingerprint density at radius 1 is 1.45 bits per heavy atom. The third kappa shape index (κ3) is 3.20. The van der Waals surface area contributed by atoms with Gasteiger partial charge in [0.1, 0.15) is 12.2 Å². The predicted octanol–water partition coefficient (Wildman–Crippen LogP) is 0.583. The standard InChI is InChI=1S/C15H22N2O5/c1-6-20-14(19)9-7-10(16-5)11(17-8(2)18)13-12(9)21-15(3,4)22-13/h7,10-13H,5-6H2,1-4H3,(H,17,18)/t10-,11-,12-,13+/m1/s1. The van der Waals surface area contributed by atoms with Gasteiger partial charge in [-0.3, -0.25) is 9.79 Å². The van der Waals surface area contributed by atoms with Crippen molar-refractivity contribution in [3.8, 4) is 0 Å². The van der Waals surface area contributed by atoms with Gasteiger partial charge in [0.25, 0.3) is 0 Å². The number of hydrogen-bond donors (Lipinski definition) is 1. The van der Waals surface area contributed by atoms with E-state index in [1.54, 1.807) is 26.8 Å². The molecule has 1 amide bonds. The number of nitrogens with one attached hydrogen (secondary N) is 1. The minimum absolute atomic E-state index is 0.210. The molecule has 22 heavy (non-hydrogen) atoms. The van der Waals surface area contributed by atoms with E-state index in [9.17, 15) is 9.59 Å². The van der Waals surface area contributed by atoms with Crippen molar-refractivity contribution in [1.29, 1.82) is 0 Å². The van der Waals surface area contributed by atoms with Crippen LogP contribution in [0.4, 0.5) is 0 Å². The molecule has 0 aromatic heterocycles. The summed E-state index contributed by atoms with van der Waals surface area (Å²) in [4.78, 5) is 27.6. The normalized spacial score (nSPS) is 32.6. The van der Waals surface area contributed by atoms with Crippen LogP contribution in [0.3, 0.4) is 0 Å². The van der Waals surface area contributed by atoms with Crippen molar-refractivity contribution >= 4 is 18.6 Å². The zero-order valence-electron chi connectivity index (χ0n) is 13.3. The van der Waals surface area contributed by atoms with Crippen molar-refractivity contribution in [2.45, 2.75) is 57.8 Å². The molecule has 1 saturated heterocycles. The summed E-state index contributed by atoms with van der Waals surface area (Å²) in [5, 5.41) is 2.81. The van der Waals surface area contributed by atoms with E-state index in [4.69, 9.17) is 14.2 Å². The van der Waals surface area contributed by atoms with Crippen molar-refractivity contribution in [1.82, 2.24) is 5.32 Å². The number of hydrogen-bond acceptors (Lipinski definition) is 6. The molecule has 0 radical (unpaired) electrons. The largest absolute Gasteiger partial charge is 0.463 e. The lowest BCUT2D eigenvalue weighted by Gasteiger charge is -2.34. The quantitative estimate of drug-likeness (QED) is 0.606. The Hall–Kier alpha value is -1.73. The third-order valence-corrected chi connectivity index (χ3v) is 3.60. The summed E-state index contributed by atoms with van der Waals surface area (Å²) in [5.74, 6) is -1.54. The molecule has 1 N–H and O–H groups in total. The van der Waals surface area contributed by atoms with Gasteiger partial charge in [-0.25, -0.2) is 4.79 Å². The van der Waals surface area contributed by atoms with Crippen molar-refractivity contribution in [2.75, 3.05) is 6.61 Å². The lowest BCUT2D eigenvalue weighted by Crippen LogP contribution is -2.56. The fraction of sp³-hybridized carbons (Fsp3) is 0.667. The number of carbonyl (C=O) groups is 2. The number of esters is 1. The van der Waals surface area contributed by atoms with Gasteiger partial charge in [-0.15, -0.1) is 0 Å². The first kappa shape index (κ1) is 16.6. The summed E-state index contributed by atoms with van der Waals surface area (Å²) < 4.78 is 16.8. The van der Waals surface area contributed by atoms with Gasteiger partial charge in [0.05, 0.1) is 24.3 Å². The van der Waals surface area contributed by atoms with E-state index in [0.29, 0.717) is 5.57 Å². The van der Waals surface area contributed by atoms with E-state index < -0.39 is 36.0 Å². The van der Waals surface area contributed by atoms with Crippen LogP contribution in [0.5, 0.6) is 0 Å². The molecular formula is C15H22N2O5. The predicted molar refractivity (Wildman–Crippen MR) is 79.5 cm³/mol. The van der Waals surface area contributed by atoms with Crippen molar-refractivity contribution in [2.24, 2.45) is 4.99 Å². The van der Waals surface area contributed by atoms with Crippen LogP contribution in [0.15, 0.2) is 16.6 Å². The molecule has 1 aliphatic heterocycles. The summed E-state index contributed by atoms with van der Waals surface area (Å²) in [5.41, 5.74) is 0.358. The molecule has 0 unspecified atom stereocenters. The first-order valence-electron chi connectivity index (χ1n) is 7.26. The summed E-state index contributed by atoms with van der Waals surface area (Å²) in [6.07, 6.45) is 0.500. The average molecular weight is 310 g/mol. The van der Waals surface area contributed by atoms with Gasteiger partial charge in [-0.2, -0.15) is 0 Å². The second kappa shape index (κ2) is 6.18.